The maximum atomic E-state index is 13.2. The summed E-state index contributed by atoms with van der Waals surface area (Å²) in [6.45, 7) is 0.155. The lowest BCUT2D eigenvalue weighted by Gasteiger charge is -2.31. The number of hydrogen-bond acceptors (Lipinski definition) is 4. The molecule has 1 aromatic heterocycles. The summed E-state index contributed by atoms with van der Waals surface area (Å²) < 4.78 is 26.3. The number of alkyl halides is 2. The number of carbonyl (C=O) groups excluding carboxylic acids is 1. The molecule has 1 aliphatic rings. The van der Waals surface area contributed by atoms with E-state index in [4.69, 9.17) is 5.73 Å². The Bertz CT molecular complexity index is 708. The molecular weight excluding hydrogens is 302 g/mol. The van der Waals surface area contributed by atoms with Crippen LogP contribution in [0.4, 0.5) is 14.6 Å². The maximum absolute atomic E-state index is 13.2. The number of nitrogens with zero attached hydrogens (tertiary/aromatic N) is 3. The highest BCUT2D eigenvalue weighted by atomic mass is 19.3. The van der Waals surface area contributed by atoms with Crippen LogP contribution in [0.3, 0.4) is 0 Å². The molecule has 7 heteroatoms. The molecule has 2 N–H and O–H groups in total. The van der Waals surface area contributed by atoms with Crippen LogP contribution in [0.15, 0.2) is 36.7 Å². The molecule has 0 aliphatic carbocycles. The summed E-state index contributed by atoms with van der Waals surface area (Å²) in [5, 5.41) is 0. The van der Waals surface area contributed by atoms with E-state index in [-0.39, 0.29) is 31.8 Å². The van der Waals surface area contributed by atoms with Crippen molar-refractivity contribution < 1.29 is 13.6 Å². The van der Waals surface area contributed by atoms with Gasteiger partial charge < -0.3 is 10.6 Å². The number of carbonyl (C=O) groups is 1. The summed E-state index contributed by atoms with van der Waals surface area (Å²) >= 11 is 0. The molecular formula is C16H16F2N4O. The van der Waals surface area contributed by atoms with E-state index in [1.807, 2.05) is 0 Å². The van der Waals surface area contributed by atoms with Crippen LogP contribution in [0.2, 0.25) is 0 Å². The number of nitrogens with two attached hydrogens (primary N) is 1. The average molecular weight is 318 g/mol. The fraction of sp³-hybridized carbons (Fsp3) is 0.312. The number of rotatable bonds is 2. The molecule has 2 aromatic rings. The molecule has 0 radical (unpaired) electrons. The third-order valence-corrected chi connectivity index (χ3v) is 3.86. The summed E-state index contributed by atoms with van der Waals surface area (Å²) in [5.74, 6) is -2.57. The van der Waals surface area contributed by atoms with Crippen molar-refractivity contribution in [1.82, 2.24) is 14.9 Å². The standard InChI is InChI=1S/C16H16F2N4O/c17-16(18)5-7-22(8-6-16)15(23)12-3-1-11(2-4-12)13-9-20-10-14(19)21-13/h1-4,9-10H,5-8H2,(H2,19,21). The molecule has 23 heavy (non-hydrogen) atoms. The zero-order valence-corrected chi connectivity index (χ0v) is 12.4. The Balaban J connectivity index is 1.73. The van der Waals surface area contributed by atoms with Crippen LogP contribution in [0.1, 0.15) is 23.2 Å². The van der Waals surface area contributed by atoms with E-state index in [9.17, 15) is 13.6 Å². The molecule has 1 saturated heterocycles. The molecule has 0 spiro atoms. The van der Waals surface area contributed by atoms with Crippen LogP contribution < -0.4 is 5.73 Å². The average Bonchev–Trinajstić information content (AvgIpc) is 2.54. The number of benzene rings is 1. The molecule has 0 atom stereocenters. The number of halogens is 2. The van der Waals surface area contributed by atoms with E-state index < -0.39 is 5.92 Å². The minimum Gasteiger partial charge on any atom is -0.382 e. The first-order valence-electron chi connectivity index (χ1n) is 7.30. The van der Waals surface area contributed by atoms with Gasteiger partial charge in [0.1, 0.15) is 5.82 Å². The highest BCUT2D eigenvalue weighted by Gasteiger charge is 2.35. The Morgan fingerprint density at radius 3 is 2.39 bits per heavy atom. The quantitative estimate of drug-likeness (QED) is 0.924. The molecule has 0 bridgehead atoms. The van der Waals surface area contributed by atoms with E-state index in [1.54, 1.807) is 30.5 Å². The Morgan fingerprint density at radius 1 is 1.13 bits per heavy atom. The van der Waals surface area contributed by atoms with E-state index in [1.165, 1.54) is 11.1 Å². The first-order valence-corrected chi connectivity index (χ1v) is 7.30. The lowest BCUT2D eigenvalue weighted by molar-refractivity contribution is -0.0494. The van der Waals surface area contributed by atoms with Gasteiger partial charge in [-0.1, -0.05) is 12.1 Å². The van der Waals surface area contributed by atoms with Gasteiger partial charge in [0, 0.05) is 37.1 Å². The van der Waals surface area contributed by atoms with Gasteiger partial charge in [-0.25, -0.2) is 13.8 Å². The second kappa shape index (κ2) is 5.91. The second-order valence-corrected chi connectivity index (χ2v) is 5.55. The van der Waals surface area contributed by atoms with Gasteiger partial charge >= 0.3 is 0 Å². The van der Waals surface area contributed by atoms with Crippen molar-refractivity contribution in [3.05, 3.63) is 42.2 Å². The third kappa shape index (κ3) is 3.44. The summed E-state index contributed by atoms with van der Waals surface area (Å²) in [6, 6.07) is 6.81. The first kappa shape index (κ1) is 15.3. The predicted molar refractivity (Wildman–Crippen MR) is 82.0 cm³/mol. The van der Waals surface area contributed by atoms with Gasteiger partial charge in [0.2, 0.25) is 0 Å². The van der Waals surface area contributed by atoms with Crippen LogP contribution in [-0.4, -0.2) is 39.8 Å². The molecule has 1 aromatic carbocycles. The maximum Gasteiger partial charge on any atom is 0.253 e. The minimum atomic E-state index is -2.66. The topological polar surface area (TPSA) is 72.1 Å². The number of amides is 1. The number of nitrogen functional groups attached to an aromatic ring is 1. The molecule has 1 fully saturated rings. The van der Waals surface area contributed by atoms with Crippen molar-refractivity contribution in [2.24, 2.45) is 0 Å². The molecule has 0 saturated carbocycles. The van der Waals surface area contributed by atoms with Gasteiger partial charge in [-0.3, -0.25) is 9.78 Å². The Hall–Kier alpha value is -2.57. The zero-order chi connectivity index (χ0) is 16.4. The van der Waals surface area contributed by atoms with Crippen molar-refractivity contribution in [1.29, 1.82) is 0 Å². The number of likely N-dealkylation sites (tertiary alicyclic amines) is 1. The number of piperidine rings is 1. The van der Waals surface area contributed by atoms with Gasteiger partial charge in [0.15, 0.2) is 0 Å². The van der Waals surface area contributed by atoms with E-state index in [0.717, 1.165) is 5.56 Å². The summed E-state index contributed by atoms with van der Waals surface area (Å²) in [4.78, 5) is 21.9. The minimum absolute atomic E-state index is 0.0777. The highest BCUT2D eigenvalue weighted by Crippen LogP contribution is 2.28. The zero-order valence-electron chi connectivity index (χ0n) is 12.4. The Kier molecular flexibility index (Phi) is 3.94. The van der Waals surface area contributed by atoms with E-state index >= 15 is 0 Å². The lowest BCUT2D eigenvalue weighted by atomic mass is 10.0. The number of aromatic nitrogens is 2. The molecule has 2 heterocycles. The fourth-order valence-corrected chi connectivity index (χ4v) is 2.52. The van der Waals surface area contributed by atoms with Crippen molar-refractivity contribution >= 4 is 11.7 Å². The van der Waals surface area contributed by atoms with Gasteiger partial charge in [0.25, 0.3) is 11.8 Å². The monoisotopic (exact) mass is 318 g/mol. The lowest BCUT2D eigenvalue weighted by Crippen LogP contribution is -2.42. The van der Waals surface area contributed by atoms with Crippen LogP contribution in [0.25, 0.3) is 11.3 Å². The summed E-state index contributed by atoms with van der Waals surface area (Å²) in [5.41, 5.74) is 7.46. The van der Waals surface area contributed by atoms with Crippen LogP contribution in [0, 0.1) is 0 Å². The number of anilines is 1. The van der Waals surface area contributed by atoms with Gasteiger partial charge in [-0.15, -0.1) is 0 Å². The van der Waals surface area contributed by atoms with Crippen LogP contribution in [-0.2, 0) is 0 Å². The Labute approximate surface area is 132 Å². The van der Waals surface area contributed by atoms with Gasteiger partial charge in [-0.05, 0) is 12.1 Å². The second-order valence-electron chi connectivity index (χ2n) is 5.55. The highest BCUT2D eigenvalue weighted by molar-refractivity contribution is 5.94. The summed E-state index contributed by atoms with van der Waals surface area (Å²) in [7, 11) is 0. The van der Waals surface area contributed by atoms with Gasteiger partial charge in [-0.2, -0.15) is 0 Å². The fourth-order valence-electron chi connectivity index (χ4n) is 2.52. The van der Waals surface area contributed by atoms with Crippen LogP contribution in [0.5, 0.6) is 0 Å². The first-order chi connectivity index (χ1) is 10.9. The van der Waals surface area contributed by atoms with Crippen molar-refractivity contribution in [3.8, 4) is 11.3 Å². The van der Waals surface area contributed by atoms with E-state index in [2.05, 4.69) is 9.97 Å². The van der Waals surface area contributed by atoms with Gasteiger partial charge in [0.05, 0.1) is 18.1 Å². The summed E-state index contributed by atoms with van der Waals surface area (Å²) in [6.07, 6.45) is 2.47. The predicted octanol–water partition coefficient (Wildman–Crippen LogP) is 2.60. The molecule has 1 amide bonds. The largest absolute Gasteiger partial charge is 0.382 e. The van der Waals surface area contributed by atoms with Crippen molar-refractivity contribution in [2.45, 2.75) is 18.8 Å². The normalized spacial score (nSPS) is 17.0. The third-order valence-electron chi connectivity index (χ3n) is 3.86. The SMILES string of the molecule is Nc1cncc(-c2ccc(C(=O)N3CCC(F)(F)CC3)cc2)n1. The Morgan fingerprint density at radius 2 is 1.78 bits per heavy atom. The molecule has 120 valence electrons. The molecule has 0 unspecified atom stereocenters. The van der Waals surface area contributed by atoms with E-state index in [0.29, 0.717) is 17.1 Å². The number of hydrogen-bond donors (Lipinski definition) is 1. The van der Waals surface area contributed by atoms with Crippen molar-refractivity contribution in [2.75, 3.05) is 18.8 Å². The van der Waals surface area contributed by atoms with Crippen molar-refractivity contribution in [3.63, 3.8) is 0 Å². The molecule has 3 rings (SSSR count). The molecule has 1 aliphatic heterocycles. The smallest absolute Gasteiger partial charge is 0.253 e. The molecule has 5 nitrogen and oxygen atoms in total. The van der Waals surface area contributed by atoms with Crippen LogP contribution >= 0.6 is 0 Å².